The highest BCUT2D eigenvalue weighted by atomic mass is 35.5. The second kappa shape index (κ2) is 11.1. The molecule has 1 saturated heterocycles. The summed E-state index contributed by atoms with van der Waals surface area (Å²) < 4.78 is 10.8. The first kappa shape index (κ1) is 24.0. The molecule has 0 bridgehead atoms. The average Bonchev–Trinajstić information content (AvgIpc) is 2.66. The number of unbranched alkanes of at least 4 members (excludes halogenated alkanes) is 1. The van der Waals surface area contributed by atoms with Crippen molar-refractivity contribution in [2.45, 2.75) is 57.0 Å². The first-order valence-corrected chi connectivity index (χ1v) is 9.31. The number of alkyl halides is 1. The van der Waals surface area contributed by atoms with Crippen LogP contribution < -0.4 is 0 Å². The van der Waals surface area contributed by atoms with E-state index in [9.17, 15) is 30.1 Å². The molecule has 2 amide bonds. The van der Waals surface area contributed by atoms with Crippen LogP contribution in [0.5, 0.6) is 0 Å². The minimum Gasteiger partial charge on any atom is -0.393 e. The normalized spacial score (nSPS) is 30.8. The van der Waals surface area contributed by atoms with E-state index in [1.54, 1.807) is 0 Å². The van der Waals surface area contributed by atoms with Gasteiger partial charge in [-0.3, -0.25) is 4.90 Å². The number of carbonyl (C=O) groups excluding carboxylic acids is 1. The summed E-state index contributed by atoms with van der Waals surface area (Å²) in [5.41, 5.74) is -2.53. The van der Waals surface area contributed by atoms with Crippen LogP contribution in [0, 0.1) is 4.91 Å². The van der Waals surface area contributed by atoms with Crippen molar-refractivity contribution in [1.82, 2.24) is 9.91 Å². The molecule has 1 heterocycles. The Morgan fingerprint density at radius 1 is 1.37 bits per heavy atom. The molecule has 5 atom stereocenters. The summed E-state index contributed by atoms with van der Waals surface area (Å²) in [5.74, 6) is -0.0914. The van der Waals surface area contributed by atoms with Crippen molar-refractivity contribution < 1.29 is 34.7 Å². The van der Waals surface area contributed by atoms with Crippen LogP contribution in [0.1, 0.15) is 26.7 Å². The Bertz CT molecular complexity index is 484. The summed E-state index contributed by atoms with van der Waals surface area (Å²) in [6, 6.07) is -1.06. The van der Waals surface area contributed by atoms with Gasteiger partial charge in [-0.25, -0.2) is 4.79 Å². The second-order valence-electron chi connectivity index (χ2n) is 6.04. The van der Waals surface area contributed by atoms with Crippen molar-refractivity contribution in [2.24, 2.45) is 5.29 Å². The standard InChI is InChI=1S/C15H28ClN3O8/c1-3-5-8-26-13-11(21)12(22)15(24,10(9-20)27-13)18(4-2)14(23)19(17-25)7-6-16/h10-13,20-22,24H,3-9H2,1-2H3/t10-,11-,12-,13+,15+/m1/s1. The summed E-state index contributed by atoms with van der Waals surface area (Å²) >= 11 is 5.53. The second-order valence-corrected chi connectivity index (χ2v) is 6.42. The fourth-order valence-corrected chi connectivity index (χ4v) is 3.02. The third kappa shape index (κ3) is 5.05. The number of aliphatic hydroxyl groups excluding tert-OH is 3. The Balaban J connectivity index is 3.13. The smallest absolute Gasteiger partial charge is 0.345 e. The van der Waals surface area contributed by atoms with Crippen LogP contribution in [-0.4, -0.2) is 98.9 Å². The molecule has 1 aliphatic heterocycles. The summed E-state index contributed by atoms with van der Waals surface area (Å²) in [7, 11) is 0. The summed E-state index contributed by atoms with van der Waals surface area (Å²) in [4.78, 5) is 24.2. The minimum absolute atomic E-state index is 0.0914. The van der Waals surface area contributed by atoms with Crippen LogP contribution in [0.3, 0.4) is 0 Å². The maximum atomic E-state index is 12.6. The Morgan fingerprint density at radius 2 is 2.04 bits per heavy atom. The van der Waals surface area contributed by atoms with E-state index < -0.39 is 43.0 Å². The number of nitroso groups, excluding NO2 is 1. The summed E-state index contributed by atoms with van der Waals surface area (Å²) in [5, 5.41) is 44.6. The molecule has 11 nitrogen and oxygen atoms in total. The summed E-state index contributed by atoms with van der Waals surface area (Å²) in [6.07, 6.45) is -4.96. The third-order valence-corrected chi connectivity index (χ3v) is 4.52. The molecule has 1 aliphatic rings. The van der Waals surface area contributed by atoms with Gasteiger partial charge in [-0.15, -0.1) is 16.5 Å². The van der Waals surface area contributed by atoms with Crippen LogP contribution in [-0.2, 0) is 9.47 Å². The van der Waals surface area contributed by atoms with E-state index in [2.05, 4.69) is 5.29 Å². The first-order valence-electron chi connectivity index (χ1n) is 8.78. The van der Waals surface area contributed by atoms with Crippen LogP contribution >= 0.6 is 11.6 Å². The number of amides is 2. The predicted octanol–water partition coefficient (Wildman–Crippen LogP) is -0.405. The van der Waals surface area contributed by atoms with E-state index in [4.69, 9.17) is 21.1 Å². The lowest BCUT2D eigenvalue weighted by molar-refractivity contribution is -0.357. The molecule has 12 heteroatoms. The molecule has 4 N–H and O–H groups in total. The molecule has 0 aromatic rings. The van der Waals surface area contributed by atoms with Crippen molar-refractivity contribution in [1.29, 1.82) is 0 Å². The van der Waals surface area contributed by atoms with Crippen molar-refractivity contribution in [3.05, 3.63) is 4.91 Å². The molecule has 1 rings (SSSR count). The topological polar surface area (TPSA) is 152 Å². The number of rotatable bonds is 10. The van der Waals surface area contributed by atoms with Crippen molar-refractivity contribution >= 4 is 17.6 Å². The van der Waals surface area contributed by atoms with E-state index >= 15 is 0 Å². The zero-order chi connectivity index (χ0) is 20.6. The molecular weight excluding hydrogens is 386 g/mol. The number of ether oxygens (including phenoxy) is 2. The first-order chi connectivity index (χ1) is 12.8. The molecule has 0 aromatic carbocycles. The quantitative estimate of drug-likeness (QED) is 0.124. The van der Waals surface area contributed by atoms with Crippen LogP contribution in [0.15, 0.2) is 5.29 Å². The number of carbonyl (C=O) groups is 1. The number of halogens is 1. The van der Waals surface area contributed by atoms with Gasteiger partial charge in [0.2, 0.25) is 0 Å². The largest absolute Gasteiger partial charge is 0.393 e. The average molecular weight is 414 g/mol. The van der Waals surface area contributed by atoms with Crippen molar-refractivity contribution in [3.63, 3.8) is 0 Å². The molecule has 27 heavy (non-hydrogen) atoms. The van der Waals surface area contributed by atoms with Crippen molar-refractivity contribution in [2.75, 3.05) is 32.2 Å². The predicted molar refractivity (Wildman–Crippen MR) is 94.6 cm³/mol. The van der Waals surface area contributed by atoms with Gasteiger partial charge in [-0.1, -0.05) is 13.3 Å². The molecule has 0 saturated carbocycles. The lowest BCUT2D eigenvalue weighted by atomic mass is 9.90. The number of likely N-dealkylation sites (N-methyl/N-ethyl adjacent to an activating group) is 1. The van der Waals surface area contributed by atoms with Gasteiger partial charge in [-0.05, 0) is 13.3 Å². The van der Waals surface area contributed by atoms with Crippen LogP contribution in [0.2, 0.25) is 0 Å². The van der Waals surface area contributed by atoms with Gasteiger partial charge >= 0.3 is 6.03 Å². The highest BCUT2D eigenvalue weighted by Gasteiger charge is 2.59. The molecule has 0 spiro atoms. The van der Waals surface area contributed by atoms with Crippen molar-refractivity contribution in [3.8, 4) is 0 Å². The molecule has 0 radical (unpaired) electrons. The van der Waals surface area contributed by atoms with E-state index in [0.717, 1.165) is 6.42 Å². The molecule has 1 fully saturated rings. The monoisotopic (exact) mass is 413 g/mol. The van der Waals surface area contributed by atoms with E-state index in [1.807, 2.05) is 6.92 Å². The molecule has 0 aliphatic carbocycles. The maximum absolute atomic E-state index is 12.6. The number of aliphatic hydroxyl groups is 4. The summed E-state index contributed by atoms with van der Waals surface area (Å²) in [6.45, 7) is 2.43. The Labute approximate surface area is 162 Å². The Hall–Kier alpha value is -1.08. The maximum Gasteiger partial charge on any atom is 0.345 e. The molecular formula is C15H28ClN3O8. The minimum atomic E-state index is -2.53. The zero-order valence-electron chi connectivity index (χ0n) is 15.4. The van der Waals surface area contributed by atoms with Crippen LogP contribution in [0.25, 0.3) is 0 Å². The number of hydrogen-bond acceptors (Lipinski definition) is 9. The molecule has 158 valence electrons. The van der Waals surface area contributed by atoms with Gasteiger partial charge in [0, 0.05) is 19.0 Å². The van der Waals surface area contributed by atoms with E-state index in [-0.39, 0.29) is 25.6 Å². The molecule has 0 aromatic heterocycles. The third-order valence-electron chi connectivity index (χ3n) is 4.35. The highest BCUT2D eigenvalue weighted by Crippen LogP contribution is 2.34. The fourth-order valence-electron chi connectivity index (χ4n) is 2.86. The number of hydrogen-bond donors (Lipinski definition) is 4. The molecule has 0 unspecified atom stereocenters. The van der Waals surface area contributed by atoms with Gasteiger partial charge in [0.25, 0.3) is 0 Å². The lowest BCUT2D eigenvalue weighted by Crippen LogP contribution is -2.75. The fraction of sp³-hybridized carbons (Fsp3) is 0.933. The number of nitrogens with zero attached hydrogens (tertiary/aromatic N) is 3. The van der Waals surface area contributed by atoms with E-state index in [0.29, 0.717) is 16.3 Å². The van der Waals surface area contributed by atoms with E-state index in [1.165, 1.54) is 6.92 Å². The Kier molecular flexibility index (Phi) is 9.81. The SMILES string of the molecule is CCCCO[C@H]1O[C@H](CO)[C@@](O)(N(CC)C(=O)N(CCCl)N=O)[C@H](O)[C@H]1O. The van der Waals surface area contributed by atoms with Crippen LogP contribution in [0.4, 0.5) is 4.79 Å². The van der Waals surface area contributed by atoms with Gasteiger partial charge in [-0.2, -0.15) is 5.01 Å². The van der Waals surface area contributed by atoms with Gasteiger partial charge < -0.3 is 29.9 Å². The lowest BCUT2D eigenvalue weighted by Gasteiger charge is -2.52. The van der Waals surface area contributed by atoms with Gasteiger partial charge in [0.1, 0.15) is 18.3 Å². The number of urea groups is 1. The van der Waals surface area contributed by atoms with Gasteiger partial charge in [0.05, 0.1) is 18.4 Å². The van der Waals surface area contributed by atoms with Gasteiger partial charge in [0.15, 0.2) is 12.0 Å². The Morgan fingerprint density at radius 3 is 2.52 bits per heavy atom. The zero-order valence-corrected chi connectivity index (χ0v) is 16.2. The highest BCUT2D eigenvalue weighted by molar-refractivity contribution is 6.18.